The van der Waals surface area contributed by atoms with Gasteiger partial charge in [-0.2, -0.15) is 0 Å². The van der Waals surface area contributed by atoms with E-state index in [0.29, 0.717) is 11.8 Å². The zero-order chi connectivity index (χ0) is 15.2. The first-order valence-corrected chi connectivity index (χ1v) is 8.96. The van der Waals surface area contributed by atoms with E-state index in [1.165, 1.54) is 12.8 Å². The lowest BCUT2D eigenvalue weighted by atomic mass is 9.92. The Bertz CT molecular complexity index is 567. The molecule has 6 heteroatoms. The van der Waals surface area contributed by atoms with Gasteiger partial charge in [0.2, 0.25) is 0 Å². The second-order valence-electron chi connectivity index (χ2n) is 6.80. The molecule has 1 atom stereocenters. The minimum absolute atomic E-state index is 0.000994. The second kappa shape index (κ2) is 5.49. The van der Waals surface area contributed by atoms with E-state index in [1.807, 2.05) is 23.6 Å². The summed E-state index contributed by atoms with van der Waals surface area (Å²) < 4.78 is 6.23. The van der Waals surface area contributed by atoms with Crippen molar-refractivity contribution in [2.24, 2.45) is 5.92 Å². The number of amides is 1. The molecule has 1 aromatic heterocycles. The number of nitrogens with zero attached hydrogens (tertiary/aromatic N) is 3. The number of hydrogen-bond acceptors (Lipinski definition) is 5. The molecule has 3 aliphatic rings. The third kappa shape index (κ3) is 2.86. The molecule has 2 aliphatic heterocycles. The number of aryl methyl sites for hydroxylation is 1. The maximum absolute atomic E-state index is 12.4. The first-order valence-electron chi connectivity index (χ1n) is 7.97. The van der Waals surface area contributed by atoms with Crippen molar-refractivity contribution in [2.45, 2.75) is 37.0 Å². The molecule has 118 valence electrons. The highest BCUT2D eigenvalue weighted by Gasteiger charge is 2.51. The first-order chi connectivity index (χ1) is 10.6. The summed E-state index contributed by atoms with van der Waals surface area (Å²) in [6, 6.07) is 0. The summed E-state index contributed by atoms with van der Waals surface area (Å²) >= 11 is 1.98. The van der Waals surface area contributed by atoms with Crippen LogP contribution in [0.5, 0.6) is 0 Å². The Kier molecular flexibility index (Phi) is 3.61. The number of carbonyl (C=O) groups excluding carboxylic acids is 1. The second-order valence-corrected chi connectivity index (χ2v) is 8.29. The number of thioether (sulfide) groups is 1. The summed E-state index contributed by atoms with van der Waals surface area (Å²) in [7, 11) is 0. The fourth-order valence-corrected chi connectivity index (χ4v) is 4.70. The summed E-state index contributed by atoms with van der Waals surface area (Å²) in [5, 5.41) is 0. The zero-order valence-electron chi connectivity index (χ0n) is 12.8. The molecule has 0 radical (unpaired) electrons. The van der Waals surface area contributed by atoms with E-state index < -0.39 is 0 Å². The van der Waals surface area contributed by atoms with Crippen molar-refractivity contribution >= 4 is 17.7 Å². The van der Waals surface area contributed by atoms with Gasteiger partial charge < -0.3 is 9.64 Å². The Morgan fingerprint density at radius 1 is 1.41 bits per heavy atom. The van der Waals surface area contributed by atoms with Crippen LogP contribution in [0.3, 0.4) is 0 Å². The van der Waals surface area contributed by atoms with Crippen LogP contribution in [0.4, 0.5) is 0 Å². The van der Waals surface area contributed by atoms with Crippen LogP contribution in [0.15, 0.2) is 12.4 Å². The van der Waals surface area contributed by atoms with Crippen molar-refractivity contribution in [2.75, 3.05) is 25.4 Å². The third-order valence-electron chi connectivity index (χ3n) is 4.68. The van der Waals surface area contributed by atoms with Gasteiger partial charge in [-0.15, -0.1) is 11.8 Å². The molecule has 0 N–H and O–H groups in total. The predicted octanol–water partition coefficient (Wildman–Crippen LogP) is 1.91. The van der Waals surface area contributed by atoms with E-state index in [4.69, 9.17) is 4.74 Å². The molecule has 5 nitrogen and oxygen atoms in total. The Hall–Kier alpha value is -1.14. The van der Waals surface area contributed by atoms with Gasteiger partial charge in [-0.3, -0.25) is 9.78 Å². The summed E-state index contributed by atoms with van der Waals surface area (Å²) in [4.78, 5) is 22.6. The Morgan fingerprint density at radius 2 is 2.23 bits per heavy atom. The Labute approximate surface area is 134 Å². The van der Waals surface area contributed by atoms with E-state index in [-0.39, 0.29) is 10.7 Å². The van der Waals surface area contributed by atoms with Gasteiger partial charge in [0.05, 0.1) is 22.7 Å². The molecule has 3 fully saturated rings. The lowest BCUT2D eigenvalue weighted by Crippen LogP contribution is -2.60. The summed E-state index contributed by atoms with van der Waals surface area (Å²) in [6.45, 7) is 4.43. The molecule has 4 rings (SSSR count). The van der Waals surface area contributed by atoms with E-state index in [2.05, 4.69) is 9.97 Å². The van der Waals surface area contributed by atoms with Gasteiger partial charge in [-0.1, -0.05) is 0 Å². The molecule has 2 saturated heterocycles. The molecular weight excluding hydrogens is 298 g/mol. The highest BCUT2D eigenvalue weighted by atomic mass is 32.2. The molecule has 1 spiro atoms. The largest absolute Gasteiger partial charge is 0.377 e. The van der Waals surface area contributed by atoms with E-state index in [9.17, 15) is 4.79 Å². The molecule has 3 heterocycles. The monoisotopic (exact) mass is 319 g/mol. The maximum Gasteiger partial charge on any atom is 0.274 e. The Balaban J connectivity index is 1.29. The lowest BCUT2D eigenvalue weighted by Gasteiger charge is -2.47. The number of aromatic nitrogens is 2. The van der Waals surface area contributed by atoms with Crippen LogP contribution in [0.2, 0.25) is 0 Å². The van der Waals surface area contributed by atoms with E-state index >= 15 is 0 Å². The zero-order valence-corrected chi connectivity index (χ0v) is 13.6. The van der Waals surface area contributed by atoms with Gasteiger partial charge in [0, 0.05) is 31.6 Å². The number of ether oxygens (including phenoxy) is 1. The fourth-order valence-electron chi connectivity index (χ4n) is 3.14. The van der Waals surface area contributed by atoms with Gasteiger partial charge in [-0.05, 0) is 32.1 Å². The topological polar surface area (TPSA) is 55.3 Å². The van der Waals surface area contributed by atoms with Crippen LogP contribution in [-0.2, 0) is 4.74 Å². The van der Waals surface area contributed by atoms with Crippen LogP contribution in [0.25, 0.3) is 0 Å². The maximum atomic E-state index is 12.4. The molecule has 1 amide bonds. The quantitative estimate of drug-likeness (QED) is 0.848. The predicted molar refractivity (Wildman–Crippen MR) is 84.9 cm³/mol. The average molecular weight is 319 g/mol. The van der Waals surface area contributed by atoms with Crippen LogP contribution >= 0.6 is 11.8 Å². The highest BCUT2D eigenvalue weighted by Crippen LogP contribution is 2.46. The van der Waals surface area contributed by atoms with Crippen molar-refractivity contribution in [1.29, 1.82) is 0 Å². The normalized spacial score (nSPS) is 26.2. The smallest absolute Gasteiger partial charge is 0.274 e. The van der Waals surface area contributed by atoms with Crippen LogP contribution in [0.1, 0.15) is 35.4 Å². The first kappa shape index (κ1) is 14.5. The molecule has 0 aromatic carbocycles. The van der Waals surface area contributed by atoms with E-state index in [1.54, 1.807) is 12.4 Å². The SMILES string of the molecule is Cc1cnc(C(=O)N2CC3(C[C@@H](OCC4CC4)CS3)C2)cn1. The number of hydrogen-bond donors (Lipinski definition) is 0. The number of rotatable bonds is 4. The lowest BCUT2D eigenvalue weighted by molar-refractivity contribution is 0.0284. The van der Waals surface area contributed by atoms with E-state index in [0.717, 1.165) is 43.5 Å². The molecule has 22 heavy (non-hydrogen) atoms. The standard InChI is InChI=1S/C16H21N3O2S/c1-11-5-18-14(6-17-11)15(20)19-9-16(10-19)4-13(8-22-16)21-7-12-2-3-12/h5-6,12-13H,2-4,7-10H2,1H3/t13-/m1/s1. The van der Waals surface area contributed by atoms with Gasteiger partial charge >= 0.3 is 0 Å². The molecule has 0 bridgehead atoms. The Morgan fingerprint density at radius 3 is 2.91 bits per heavy atom. The molecule has 1 aromatic rings. The molecular formula is C16H21N3O2S. The minimum Gasteiger partial charge on any atom is -0.377 e. The van der Waals surface area contributed by atoms with Gasteiger partial charge in [-0.25, -0.2) is 4.98 Å². The molecule has 1 saturated carbocycles. The van der Waals surface area contributed by atoms with Crippen molar-refractivity contribution < 1.29 is 9.53 Å². The minimum atomic E-state index is 0.000994. The highest BCUT2D eigenvalue weighted by molar-refractivity contribution is 8.01. The van der Waals surface area contributed by atoms with Crippen LogP contribution in [-0.4, -0.2) is 57.1 Å². The molecule has 1 aliphatic carbocycles. The summed E-state index contributed by atoms with van der Waals surface area (Å²) in [6.07, 6.45) is 7.35. The molecule has 0 unspecified atom stereocenters. The summed E-state index contributed by atoms with van der Waals surface area (Å²) in [5.41, 5.74) is 1.28. The summed E-state index contributed by atoms with van der Waals surface area (Å²) in [5.74, 6) is 1.89. The average Bonchev–Trinajstić information content (AvgIpc) is 3.21. The third-order valence-corrected chi connectivity index (χ3v) is 6.26. The number of carbonyl (C=O) groups is 1. The van der Waals surface area contributed by atoms with Crippen molar-refractivity contribution in [3.63, 3.8) is 0 Å². The van der Waals surface area contributed by atoms with Crippen molar-refractivity contribution in [1.82, 2.24) is 14.9 Å². The van der Waals surface area contributed by atoms with Crippen LogP contribution in [0, 0.1) is 12.8 Å². The van der Waals surface area contributed by atoms with Gasteiger partial charge in [0.1, 0.15) is 5.69 Å². The fraction of sp³-hybridized carbons (Fsp3) is 0.688. The van der Waals surface area contributed by atoms with Crippen molar-refractivity contribution in [3.05, 3.63) is 23.8 Å². The van der Waals surface area contributed by atoms with Crippen molar-refractivity contribution in [3.8, 4) is 0 Å². The van der Waals surface area contributed by atoms with Crippen LogP contribution < -0.4 is 0 Å². The van der Waals surface area contributed by atoms with Gasteiger partial charge in [0.25, 0.3) is 5.91 Å². The number of likely N-dealkylation sites (tertiary alicyclic amines) is 1. The van der Waals surface area contributed by atoms with Gasteiger partial charge in [0.15, 0.2) is 0 Å².